The summed E-state index contributed by atoms with van der Waals surface area (Å²) < 4.78 is 0. The molecule has 3 rings (SSSR count). The van der Waals surface area contributed by atoms with Gasteiger partial charge in [0.15, 0.2) is 0 Å². The van der Waals surface area contributed by atoms with E-state index >= 15 is 0 Å². The molecule has 2 nitrogen and oxygen atoms in total. The summed E-state index contributed by atoms with van der Waals surface area (Å²) in [6.07, 6.45) is 4.62. The van der Waals surface area contributed by atoms with Gasteiger partial charge in [-0.3, -0.25) is 0 Å². The van der Waals surface area contributed by atoms with Crippen molar-refractivity contribution in [3.05, 3.63) is 76.2 Å². The lowest BCUT2D eigenvalue weighted by molar-refractivity contribution is 0.489. The molecule has 2 aromatic rings. The van der Waals surface area contributed by atoms with Crippen LogP contribution in [0.3, 0.4) is 0 Å². The first-order valence-electron chi connectivity index (χ1n) is 14.4. The number of thioether (sulfide) groups is 1. The fourth-order valence-corrected chi connectivity index (χ4v) is 6.74. The molecule has 212 valence electrons. The molecule has 0 bridgehead atoms. The van der Waals surface area contributed by atoms with Gasteiger partial charge in [0.25, 0.3) is 0 Å². The summed E-state index contributed by atoms with van der Waals surface area (Å²) in [5.41, 5.74) is 9.10. The Hall–Kier alpha value is -2.04. The zero-order chi connectivity index (χ0) is 29.0. The maximum atomic E-state index is 4.44. The lowest BCUT2D eigenvalue weighted by Gasteiger charge is -2.29. The van der Waals surface area contributed by atoms with Crippen LogP contribution < -0.4 is 10.6 Å². The second-order valence-electron chi connectivity index (χ2n) is 13.0. The van der Waals surface area contributed by atoms with Gasteiger partial charge in [-0.2, -0.15) is 0 Å². The minimum Gasteiger partial charge on any atom is -0.385 e. The molecule has 0 saturated heterocycles. The van der Waals surface area contributed by atoms with Crippen LogP contribution in [-0.2, 0) is 6.42 Å². The molecule has 0 aliphatic carbocycles. The van der Waals surface area contributed by atoms with Crippen LogP contribution >= 0.6 is 23.5 Å². The topological polar surface area (TPSA) is 24.1 Å². The summed E-state index contributed by atoms with van der Waals surface area (Å²) in [6.45, 7) is 28.2. The summed E-state index contributed by atoms with van der Waals surface area (Å²) >= 11 is 3.85. The van der Waals surface area contributed by atoms with Gasteiger partial charge < -0.3 is 10.6 Å². The van der Waals surface area contributed by atoms with E-state index in [9.17, 15) is 0 Å². The lowest BCUT2D eigenvalue weighted by atomic mass is 9.76. The van der Waals surface area contributed by atoms with E-state index < -0.39 is 0 Å². The van der Waals surface area contributed by atoms with Gasteiger partial charge in [-0.25, -0.2) is 0 Å². The van der Waals surface area contributed by atoms with E-state index in [2.05, 4.69) is 129 Å². The summed E-state index contributed by atoms with van der Waals surface area (Å²) in [7, 11) is 0. The van der Waals surface area contributed by atoms with Crippen molar-refractivity contribution in [2.24, 2.45) is 16.7 Å². The Kier molecular flexibility index (Phi) is 10.6. The monoisotopic (exact) mass is 562 g/mol. The highest BCUT2D eigenvalue weighted by Gasteiger charge is 2.24. The van der Waals surface area contributed by atoms with Crippen molar-refractivity contribution in [3.8, 4) is 0 Å². The number of aryl methyl sites for hydroxylation is 1. The summed E-state index contributed by atoms with van der Waals surface area (Å²) in [5.74, 6) is 1.76. The molecule has 0 aromatic heterocycles. The SMILES string of the molecule is C=C(/C(C)=C(\C=C(/C)SCC(C)CCNc1ccc2c(c1)Sc1cc(CC)ccc1N2)C(C)(C)C)C(C)(C)C. The quantitative estimate of drug-likeness (QED) is 0.240. The Morgan fingerprint density at radius 2 is 1.64 bits per heavy atom. The third-order valence-electron chi connectivity index (χ3n) is 7.40. The summed E-state index contributed by atoms with van der Waals surface area (Å²) in [6, 6.07) is 13.4. The van der Waals surface area contributed by atoms with Gasteiger partial charge in [0.2, 0.25) is 0 Å². The fraction of sp³-hybridized carbons (Fsp3) is 0.486. The Balaban J connectivity index is 1.54. The lowest BCUT2D eigenvalue weighted by Crippen LogP contribution is -2.16. The molecular weight excluding hydrogens is 513 g/mol. The van der Waals surface area contributed by atoms with Crippen LogP contribution in [0.4, 0.5) is 17.1 Å². The third kappa shape index (κ3) is 8.72. The molecular formula is C35H50N2S2. The van der Waals surface area contributed by atoms with Crippen LogP contribution in [0.5, 0.6) is 0 Å². The highest BCUT2D eigenvalue weighted by atomic mass is 32.2. The van der Waals surface area contributed by atoms with Gasteiger partial charge in [-0.15, -0.1) is 11.8 Å². The highest BCUT2D eigenvalue weighted by Crippen LogP contribution is 2.45. The number of allylic oxidation sites excluding steroid dienone is 5. The maximum absolute atomic E-state index is 4.44. The molecule has 4 heteroatoms. The molecule has 0 spiro atoms. The van der Waals surface area contributed by atoms with E-state index in [1.807, 2.05) is 23.5 Å². The van der Waals surface area contributed by atoms with Crippen LogP contribution in [0, 0.1) is 16.7 Å². The Morgan fingerprint density at radius 3 is 2.26 bits per heavy atom. The van der Waals surface area contributed by atoms with E-state index in [1.165, 1.54) is 54.0 Å². The Morgan fingerprint density at radius 1 is 1.00 bits per heavy atom. The standard InChI is InChI=1S/C35H50N2S2/c1-12-27-13-15-30-32(20-27)39-33-21-28(14-16-31(33)37-30)36-18-17-23(2)22-38-24(3)19-29(35(9,10)11)25(4)26(5)34(6,7)8/h13-16,19-21,23,36-37H,5,12,17-18,22H2,1-4,6-11H3/b24-19+,29-25+. The van der Waals surface area contributed by atoms with Gasteiger partial charge in [-0.1, -0.05) is 79.8 Å². The smallest absolute Gasteiger partial charge is 0.0527 e. The van der Waals surface area contributed by atoms with E-state index in [0.29, 0.717) is 5.92 Å². The zero-order valence-corrected chi connectivity index (χ0v) is 27.6. The molecule has 1 aliphatic heterocycles. The number of anilines is 3. The van der Waals surface area contributed by atoms with Gasteiger partial charge in [0.1, 0.15) is 0 Å². The van der Waals surface area contributed by atoms with Crippen LogP contribution in [0.15, 0.2) is 80.5 Å². The van der Waals surface area contributed by atoms with Crippen molar-refractivity contribution in [1.29, 1.82) is 0 Å². The van der Waals surface area contributed by atoms with Crippen molar-refractivity contribution in [1.82, 2.24) is 0 Å². The maximum Gasteiger partial charge on any atom is 0.0527 e. The largest absolute Gasteiger partial charge is 0.385 e. The molecule has 39 heavy (non-hydrogen) atoms. The number of nitrogens with one attached hydrogen (secondary N) is 2. The van der Waals surface area contributed by atoms with Crippen LogP contribution in [-0.4, -0.2) is 12.3 Å². The van der Waals surface area contributed by atoms with Gasteiger partial charge in [0.05, 0.1) is 11.4 Å². The van der Waals surface area contributed by atoms with Crippen LogP contribution in [0.2, 0.25) is 0 Å². The predicted octanol–water partition coefficient (Wildman–Crippen LogP) is 11.5. The number of rotatable bonds is 10. The van der Waals surface area contributed by atoms with Crippen LogP contribution in [0.1, 0.15) is 81.2 Å². The predicted molar refractivity (Wildman–Crippen MR) is 179 cm³/mol. The van der Waals surface area contributed by atoms with Crippen molar-refractivity contribution < 1.29 is 0 Å². The van der Waals surface area contributed by atoms with E-state index in [4.69, 9.17) is 0 Å². The Bertz CT molecular complexity index is 1240. The van der Waals surface area contributed by atoms with E-state index in [-0.39, 0.29) is 10.8 Å². The first-order valence-corrected chi connectivity index (χ1v) is 16.2. The molecule has 1 atom stereocenters. The normalized spacial score (nSPS) is 15.1. The molecule has 2 aromatic carbocycles. The Labute approximate surface area is 247 Å². The van der Waals surface area contributed by atoms with Gasteiger partial charge >= 0.3 is 0 Å². The van der Waals surface area contributed by atoms with Gasteiger partial charge in [0, 0.05) is 27.8 Å². The van der Waals surface area contributed by atoms with Crippen molar-refractivity contribution in [2.45, 2.75) is 91.9 Å². The minimum atomic E-state index is 0.0767. The first kappa shape index (κ1) is 31.5. The minimum absolute atomic E-state index is 0.0767. The van der Waals surface area contributed by atoms with E-state index in [0.717, 1.165) is 25.1 Å². The molecule has 0 fully saturated rings. The van der Waals surface area contributed by atoms with Crippen molar-refractivity contribution >= 4 is 40.6 Å². The van der Waals surface area contributed by atoms with Gasteiger partial charge in [-0.05, 0) is 107 Å². The zero-order valence-electron chi connectivity index (χ0n) is 26.0. The molecule has 1 aliphatic rings. The number of fused-ring (bicyclic) bond motifs is 2. The molecule has 0 amide bonds. The first-order chi connectivity index (χ1) is 18.2. The number of hydrogen-bond acceptors (Lipinski definition) is 4. The average molecular weight is 563 g/mol. The summed E-state index contributed by atoms with van der Waals surface area (Å²) in [5, 5.41) is 7.27. The molecule has 1 heterocycles. The van der Waals surface area contributed by atoms with Crippen molar-refractivity contribution in [3.63, 3.8) is 0 Å². The van der Waals surface area contributed by atoms with Crippen molar-refractivity contribution in [2.75, 3.05) is 22.9 Å². The second-order valence-corrected chi connectivity index (χ2v) is 15.4. The van der Waals surface area contributed by atoms with Crippen LogP contribution in [0.25, 0.3) is 0 Å². The molecule has 1 unspecified atom stereocenters. The number of benzene rings is 2. The highest BCUT2D eigenvalue weighted by molar-refractivity contribution is 8.03. The number of hydrogen-bond donors (Lipinski definition) is 2. The average Bonchev–Trinajstić information content (AvgIpc) is 2.86. The fourth-order valence-electron chi connectivity index (χ4n) is 4.74. The van der Waals surface area contributed by atoms with E-state index in [1.54, 1.807) is 0 Å². The second kappa shape index (κ2) is 13.1. The summed E-state index contributed by atoms with van der Waals surface area (Å²) in [4.78, 5) is 3.99. The molecule has 0 radical (unpaired) electrons. The third-order valence-corrected chi connectivity index (χ3v) is 9.83. The molecule has 2 N–H and O–H groups in total. The molecule has 0 saturated carbocycles.